The Balaban J connectivity index is 0.00000280. The molecule has 2 fully saturated rings. The number of aromatic nitrogens is 2. The van der Waals surface area contributed by atoms with E-state index in [2.05, 4.69) is 35.6 Å². The molecule has 1 aliphatic carbocycles. The van der Waals surface area contributed by atoms with Gasteiger partial charge in [-0.2, -0.15) is 4.98 Å². The molecule has 0 spiro atoms. The summed E-state index contributed by atoms with van der Waals surface area (Å²) in [5.41, 5.74) is -0.158. The first-order valence-electron chi connectivity index (χ1n) is 9.65. The van der Waals surface area contributed by atoms with Crippen molar-refractivity contribution in [3.05, 3.63) is 11.7 Å². The SMILES string of the molecule is CN=C(NCc1noc(C(C)(C)C)n1)N1CCN(CC(=O)NC2CC2)CC1.I. The highest BCUT2D eigenvalue weighted by Gasteiger charge is 2.26. The first kappa shape index (κ1) is 22.9. The lowest BCUT2D eigenvalue weighted by atomic mass is 9.97. The van der Waals surface area contributed by atoms with E-state index in [0.717, 1.165) is 45.0 Å². The number of piperazine rings is 1. The molecule has 9 nitrogen and oxygen atoms in total. The van der Waals surface area contributed by atoms with Crippen LogP contribution < -0.4 is 10.6 Å². The second-order valence-electron chi connectivity index (χ2n) is 8.27. The number of rotatable bonds is 5. The van der Waals surface area contributed by atoms with Gasteiger partial charge in [0.1, 0.15) is 0 Å². The average Bonchev–Trinajstić information content (AvgIpc) is 3.28. The van der Waals surface area contributed by atoms with E-state index >= 15 is 0 Å². The van der Waals surface area contributed by atoms with Crippen LogP contribution in [-0.4, -0.2) is 77.6 Å². The number of amides is 1. The van der Waals surface area contributed by atoms with Gasteiger partial charge in [0.15, 0.2) is 11.8 Å². The van der Waals surface area contributed by atoms with Crippen LogP contribution in [0.3, 0.4) is 0 Å². The molecule has 1 aliphatic heterocycles. The third-order valence-electron chi connectivity index (χ3n) is 4.71. The van der Waals surface area contributed by atoms with Crippen molar-refractivity contribution in [3.63, 3.8) is 0 Å². The Morgan fingerprint density at radius 3 is 2.46 bits per heavy atom. The van der Waals surface area contributed by atoms with Crippen molar-refractivity contribution in [2.75, 3.05) is 39.8 Å². The fourth-order valence-electron chi connectivity index (χ4n) is 2.94. The third kappa shape index (κ3) is 6.57. The minimum atomic E-state index is -0.158. The molecular weight excluding hydrogens is 473 g/mol. The van der Waals surface area contributed by atoms with E-state index < -0.39 is 0 Å². The lowest BCUT2D eigenvalue weighted by Crippen LogP contribution is -2.54. The second kappa shape index (κ2) is 9.86. The molecule has 2 aliphatic rings. The summed E-state index contributed by atoms with van der Waals surface area (Å²) < 4.78 is 5.32. The number of hydrogen-bond donors (Lipinski definition) is 2. The van der Waals surface area contributed by atoms with Crippen molar-refractivity contribution in [2.45, 2.75) is 51.6 Å². The first-order valence-corrected chi connectivity index (χ1v) is 9.65. The fourth-order valence-corrected chi connectivity index (χ4v) is 2.94. The van der Waals surface area contributed by atoms with Gasteiger partial charge in [-0.3, -0.25) is 14.7 Å². The van der Waals surface area contributed by atoms with Gasteiger partial charge in [-0.1, -0.05) is 25.9 Å². The molecule has 3 rings (SSSR count). The Bertz CT molecular complexity index is 674. The maximum atomic E-state index is 11.9. The Labute approximate surface area is 183 Å². The monoisotopic (exact) mass is 505 g/mol. The van der Waals surface area contributed by atoms with Crippen LogP contribution in [0.15, 0.2) is 9.52 Å². The Morgan fingerprint density at radius 2 is 1.93 bits per heavy atom. The number of nitrogens with one attached hydrogen (secondary N) is 2. The maximum Gasteiger partial charge on any atom is 0.234 e. The standard InChI is InChI=1S/C18H31N7O2.HI/c1-18(2,3)16-22-14(23-27-16)11-20-17(19-4)25-9-7-24(8-10-25)12-15(26)21-13-5-6-13;/h13H,5-12H2,1-4H3,(H,19,20)(H,21,26);1H. The van der Waals surface area contributed by atoms with Crippen molar-refractivity contribution in [3.8, 4) is 0 Å². The normalized spacial score (nSPS) is 18.6. The van der Waals surface area contributed by atoms with Gasteiger partial charge in [-0.15, -0.1) is 24.0 Å². The van der Waals surface area contributed by atoms with E-state index in [4.69, 9.17) is 4.52 Å². The van der Waals surface area contributed by atoms with Crippen molar-refractivity contribution in [2.24, 2.45) is 4.99 Å². The van der Waals surface area contributed by atoms with Gasteiger partial charge in [-0.25, -0.2) is 0 Å². The molecule has 0 atom stereocenters. The molecule has 1 amide bonds. The highest BCUT2D eigenvalue weighted by Crippen LogP contribution is 2.19. The van der Waals surface area contributed by atoms with Crippen LogP contribution in [-0.2, 0) is 16.8 Å². The average molecular weight is 505 g/mol. The van der Waals surface area contributed by atoms with Gasteiger partial charge in [0, 0.05) is 44.7 Å². The van der Waals surface area contributed by atoms with Crippen LogP contribution in [0.1, 0.15) is 45.3 Å². The van der Waals surface area contributed by atoms with Crippen molar-refractivity contribution < 1.29 is 9.32 Å². The zero-order chi connectivity index (χ0) is 19.4. The summed E-state index contributed by atoms with van der Waals surface area (Å²) >= 11 is 0. The fraction of sp³-hybridized carbons (Fsp3) is 0.778. The van der Waals surface area contributed by atoms with E-state index in [-0.39, 0.29) is 35.3 Å². The summed E-state index contributed by atoms with van der Waals surface area (Å²) in [6.45, 7) is 10.4. The molecular formula is C18H32IN7O2. The van der Waals surface area contributed by atoms with E-state index in [1.54, 1.807) is 7.05 Å². The van der Waals surface area contributed by atoms with Crippen LogP contribution >= 0.6 is 24.0 Å². The molecule has 1 saturated carbocycles. The van der Waals surface area contributed by atoms with Crippen LogP contribution in [0.4, 0.5) is 0 Å². The Hall–Kier alpha value is -1.43. The van der Waals surface area contributed by atoms with Crippen molar-refractivity contribution in [1.29, 1.82) is 0 Å². The van der Waals surface area contributed by atoms with Gasteiger partial charge >= 0.3 is 0 Å². The number of carbonyl (C=O) groups excluding carboxylic acids is 1. The predicted octanol–water partition coefficient (Wildman–Crippen LogP) is 0.957. The molecule has 28 heavy (non-hydrogen) atoms. The lowest BCUT2D eigenvalue weighted by molar-refractivity contribution is -0.122. The van der Waals surface area contributed by atoms with E-state index in [9.17, 15) is 4.79 Å². The van der Waals surface area contributed by atoms with Crippen molar-refractivity contribution in [1.82, 2.24) is 30.6 Å². The third-order valence-corrected chi connectivity index (χ3v) is 4.71. The van der Waals surface area contributed by atoms with Crippen molar-refractivity contribution >= 4 is 35.8 Å². The van der Waals surface area contributed by atoms with Gasteiger partial charge < -0.3 is 20.1 Å². The molecule has 1 saturated heterocycles. The molecule has 158 valence electrons. The van der Waals surface area contributed by atoms with E-state index in [1.165, 1.54) is 0 Å². The minimum Gasteiger partial charge on any atom is -0.352 e. The number of guanidine groups is 1. The smallest absolute Gasteiger partial charge is 0.234 e. The molecule has 10 heteroatoms. The largest absolute Gasteiger partial charge is 0.352 e. The number of hydrogen-bond acceptors (Lipinski definition) is 6. The van der Waals surface area contributed by atoms with Crippen LogP contribution in [0.2, 0.25) is 0 Å². The first-order chi connectivity index (χ1) is 12.8. The molecule has 0 bridgehead atoms. The van der Waals surface area contributed by atoms with Gasteiger partial charge in [0.2, 0.25) is 11.8 Å². The quantitative estimate of drug-likeness (QED) is 0.350. The topological polar surface area (TPSA) is 98.9 Å². The molecule has 1 aromatic heterocycles. The maximum absolute atomic E-state index is 11.9. The van der Waals surface area contributed by atoms with E-state index in [0.29, 0.717) is 30.8 Å². The summed E-state index contributed by atoms with van der Waals surface area (Å²) in [5.74, 6) is 2.21. The summed E-state index contributed by atoms with van der Waals surface area (Å²) in [4.78, 5) is 25.1. The summed E-state index contributed by atoms with van der Waals surface area (Å²) in [5, 5.41) is 10.4. The molecule has 0 unspecified atom stereocenters. The highest BCUT2D eigenvalue weighted by molar-refractivity contribution is 14.0. The molecule has 1 aromatic rings. The number of halogens is 1. The molecule has 2 heterocycles. The zero-order valence-corrected chi connectivity index (χ0v) is 19.5. The zero-order valence-electron chi connectivity index (χ0n) is 17.2. The van der Waals surface area contributed by atoms with E-state index in [1.807, 2.05) is 20.8 Å². The number of nitrogens with zero attached hydrogens (tertiary/aromatic N) is 5. The van der Waals surface area contributed by atoms with Crippen LogP contribution in [0, 0.1) is 0 Å². The Morgan fingerprint density at radius 1 is 1.25 bits per heavy atom. The van der Waals surface area contributed by atoms with Gasteiger partial charge in [0.05, 0.1) is 13.1 Å². The minimum absolute atomic E-state index is 0. The molecule has 0 aromatic carbocycles. The molecule has 2 N–H and O–H groups in total. The lowest BCUT2D eigenvalue weighted by Gasteiger charge is -2.36. The highest BCUT2D eigenvalue weighted by atomic mass is 127. The van der Waals surface area contributed by atoms with Gasteiger partial charge in [0.25, 0.3) is 0 Å². The van der Waals surface area contributed by atoms with Crippen LogP contribution in [0.25, 0.3) is 0 Å². The Kier molecular flexibility index (Phi) is 8.05. The number of carbonyl (C=O) groups is 1. The summed E-state index contributed by atoms with van der Waals surface area (Å²) in [7, 11) is 1.77. The summed E-state index contributed by atoms with van der Waals surface area (Å²) in [6, 6.07) is 0.422. The predicted molar refractivity (Wildman–Crippen MR) is 118 cm³/mol. The number of aliphatic imine (C=N–C) groups is 1. The van der Waals surface area contributed by atoms with Gasteiger partial charge in [-0.05, 0) is 12.8 Å². The summed E-state index contributed by atoms with van der Waals surface area (Å²) in [6.07, 6.45) is 2.25. The second-order valence-corrected chi connectivity index (χ2v) is 8.27. The molecule has 0 radical (unpaired) electrons. The van der Waals surface area contributed by atoms with Crippen LogP contribution in [0.5, 0.6) is 0 Å².